The van der Waals surface area contributed by atoms with Crippen LogP contribution in [0.5, 0.6) is 0 Å². The molecule has 0 heterocycles. The fourth-order valence-corrected chi connectivity index (χ4v) is 7.47. The molecule has 0 bridgehead atoms. The molecular formula is C44H58N4O2. The first-order valence-corrected chi connectivity index (χ1v) is 18.2. The summed E-state index contributed by atoms with van der Waals surface area (Å²) in [6.07, 6.45) is 1.23. The van der Waals surface area contributed by atoms with E-state index in [0.717, 1.165) is 33.4 Å². The highest BCUT2D eigenvalue weighted by Gasteiger charge is 2.32. The Hall–Kier alpha value is -4.26. The molecule has 6 nitrogen and oxygen atoms in total. The maximum absolute atomic E-state index is 15.0. The highest BCUT2D eigenvalue weighted by Crippen LogP contribution is 2.37. The molecule has 0 fully saturated rings. The van der Waals surface area contributed by atoms with Crippen molar-refractivity contribution in [3.05, 3.63) is 130 Å². The average Bonchev–Trinajstić information content (AvgIpc) is 3.09. The van der Waals surface area contributed by atoms with Crippen molar-refractivity contribution in [1.82, 2.24) is 20.4 Å². The van der Waals surface area contributed by atoms with Gasteiger partial charge in [0.15, 0.2) is 0 Å². The minimum absolute atomic E-state index is 0.00313. The number of carbonyl (C=O) groups is 2. The summed E-state index contributed by atoms with van der Waals surface area (Å²) in [6, 6.07) is 33.0. The predicted molar refractivity (Wildman–Crippen MR) is 209 cm³/mol. The summed E-state index contributed by atoms with van der Waals surface area (Å²) >= 11 is 0. The van der Waals surface area contributed by atoms with E-state index in [4.69, 9.17) is 0 Å². The van der Waals surface area contributed by atoms with Crippen LogP contribution in [-0.4, -0.2) is 59.9 Å². The first-order chi connectivity index (χ1) is 23.9. The summed E-state index contributed by atoms with van der Waals surface area (Å²) in [7, 11) is 3.93. The first-order valence-electron chi connectivity index (χ1n) is 18.2. The van der Waals surface area contributed by atoms with E-state index in [-0.39, 0.29) is 48.1 Å². The molecule has 0 radical (unpaired) electrons. The van der Waals surface area contributed by atoms with Crippen molar-refractivity contribution in [2.75, 3.05) is 14.1 Å². The number of carbonyl (C=O) groups excluding carboxylic acids is 2. The molecule has 0 aliphatic carbocycles. The van der Waals surface area contributed by atoms with Crippen molar-refractivity contribution in [2.24, 2.45) is 0 Å². The standard InChI is InChI=1S/C44H58N4O2/c1-29(2)47(30(3)4)43(49)41-35(27-39(45-9)33-19-13-11-14-20-33)23-17-25-37(41)38-26-18-24-36(28-40(46-10)34-21-15-12-16-22-34)42(38)44(50)48(31(5)6)32(7)8/h11-26,29-32,39-40,45-46H,27-28H2,1-10H3/t39-,40-/m0/s1. The lowest BCUT2D eigenvalue weighted by molar-refractivity contribution is 0.0631. The second kappa shape index (κ2) is 17.6. The Morgan fingerprint density at radius 2 is 0.800 bits per heavy atom. The van der Waals surface area contributed by atoms with Gasteiger partial charge in [0, 0.05) is 36.3 Å². The zero-order valence-electron chi connectivity index (χ0n) is 31.8. The van der Waals surface area contributed by atoms with Crippen LogP contribution in [0.15, 0.2) is 97.1 Å². The number of benzene rings is 4. The highest BCUT2D eigenvalue weighted by atomic mass is 16.2. The van der Waals surface area contributed by atoms with Crippen LogP contribution < -0.4 is 10.6 Å². The Labute approximate surface area is 301 Å². The molecule has 0 aromatic heterocycles. The third kappa shape index (κ3) is 8.72. The van der Waals surface area contributed by atoms with Crippen molar-refractivity contribution >= 4 is 11.8 Å². The van der Waals surface area contributed by atoms with Gasteiger partial charge in [0.05, 0.1) is 11.1 Å². The predicted octanol–water partition coefficient (Wildman–Crippen LogP) is 8.88. The summed E-state index contributed by atoms with van der Waals surface area (Å²) in [4.78, 5) is 33.9. The van der Waals surface area contributed by atoms with Crippen LogP contribution >= 0.6 is 0 Å². The Morgan fingerprint density at radius 3 is 1.08 bits per heavy atom. The molecule has 2 atom stereocenters. The SMILES string of the molecule is CN[C@@H](Cc1cccc(-c2cccc(C[C@H](NC)c3ccccc3)c2C(=O)N(C(C)C)C(C)C)c1C(=O)N(C(C)C)C(C)C)c1ccccc1. The van der Waals surface area contributed by atoms with E-state index in [1.807, 2.05) is 84.6 Å². The highest BCUT2D eigenvalue weighted by molar-refractivity contribution is 6.08. The third-order valence-corrected chi connectivity index (χ3v) is 9.66. The third-order valence-electron chi connectivity index (χ3n) is 9.66. The monoisotopic (exact) mass is 674 g/mol. The average molecular weight is 675 g/mol. The van der Waals surface area contributed by atoms with E-state index in [1.54, 1.807) is 0 Å². The lowest BCUT2D eigenvalue weighted by Gasteiger charge is -2.34. The molecule has 4 aromatic carbocycles. The number of amides is 2. The number of hydrogen-bond acceptors (Lipinski definition) is 4. The van der Waals surface area contributed by atoms with Gasteiger partial charge in [0.2, 0.25) is 0 Å². The molecule has 0 spiro atoms. The molecule has 0 aliphatic heterocycles. The van der Waals surface area contributed by atoms with E-state index in [0.29, 0.717) is 24.0 Å². The number of rotatable bonds is 15. The van der Waals surface area contributed by atoms with E-state index in [2.05, 4.69) is 102 Å². The molecule has 4 aromatic rings. The molecule has 2 amide bonds. The zero-order valence-corrected chi connectivity index (χ0v) is 31.8. The van der Waals surface area contributed by atoms with Crippen molar-refractivity contribution < 1.29 is 9.59 Å². The Morgan fingerprint density at radius 1 is 0.480 bits per heavy atom. The van der Waals surface area contributed by atoms with Gasteiger partial charge < -0.3 is 20.4 Å². The molecule has 6 heteroatoms. The quantitative estimate of drug-likeness (QED) is 0.132. The lowest BCUT2D eigenvalue weighted by Crippen LogP contribution is -2.43. The number of nitrogens with one attached hydrogen (secondary N) is 2. The summed E-state index contributed by atoms with van der Waals surface area (Å²) in [5.74, 6) is -0.0384. The Kier molecular flexibility index (Phi) is 13.6. The smallest absolute Gasteiger partial charge is 0.255 e. The van der Waals surface area contributed by atoms with Gasteiger partial charge in [-0.2, -0.15) is 0 Å². The zero-order chi connectivity index (χ0) is 36.5. The molecule has 266 valence electrons. The van der Waals surface area contributed by atoms with Gasteiger partial charge in [-0.25, -0.2) is 0 Å². The van der Waals surface area contributed by atoms with Gasteiger partial charge in [0.1, 0.15) is 0 Å². The van der Waals surface area contributed by atoms with E-state index >= 15 is 0 Å². The molecule has 4 rings (SSSR count). The van der Waals surface area contributed by atoms with Gasteiger partial charge in [-0.1, -0.05) is 97.1 Å². The van der Waals surface area contributed by atoms with Gasteiger partial charge in [-0.05, 0) is 116 Å². The number of hydrogen-bond donors (Lipinski definition) is 2. The van der Waals surface area contributed by atoms with Crippen molar-refractivity contribution in [1.29, 1.82) is 0 Å². The molecule has 0 saturated carbocycles. The largest absolute Gasteiger partial charge is 0.334 e. The minimum atomic E-state index is -0.0192. The summed E-state index contributed by atoms with van der Waals surface area (Å²) in [5.41, 5.74) is 7.12. The van der Waals surface area contributed by atoms with Crippen LogP contribution in [0.3, 0.4) is 0 Å². The van der Waals surface area contributed by atoms with Crippen LogP contribution in [0.1, 0.15) is 110 Å². The maximum atomic E-state index is 15.0. The van der Waals surface area contributed by atoms with Gasteiger partial charge >= 0.3 is 0 Å². The van der Waals surface area contributed by atoms with Crippen LogP contribution in [0.4, 0.5) is 0 Å². The normalized spacial score (nSPS) is 12.8. The maximum Gasteiger partial charge on any atom is 0.255 e. The van der Waals surface area contributed by atoms with Crippen LogP contribution in [0, 0.1) is 0 Å². The van der Waals surface area contributed by atoms with Gasteiger partial charge in [0.25, 0.3) is 11.8 Å². The Balaban J connectivity index is 2.03. The van der Waals surface area contributed by atoms with E-state index in [9.17, 15) is 9.59 Å². The number of nitrogens with zero attached hydrogens (tertiary/aromatic N) is 2. The minimum Gasteiger partial charge on any atom is -0.334 e. The molecule has 0 aliphatic rings. The lowest BCUT2D eigenvalue weighted by atomic mass is 9.84. The van der Waals surface area contributed by atoms with Crippen molar-refractivity contribution in [3.8, 4) is 11.1 Å². The molecular weight excluding hydrogens is 617 g/mol. The van der Waals surface area contributed by atoms with E-state index < -0.39 is 0 Å². The van der Waals surface area contributed by atoms with E-state index in [1.165, 1.54) is 0 Å². The fraction of sp³-hybridized carbons (Fsp3) is 0.409. The fourth-order valence-electron chi connectivity index (χ4n) is 7.47. The second-order valence-corrected chi connectivity index (χ2v) is 14.4. The van der Waals surface area contributed by atoms with Crippen LogP contribution in [0.25, 0.3) is 11.1 Å². The van der Waals surface area contributed by atoms with Crippen molar-refractivity contribution in [2.45, 2.75) is 104 Å². The molecule has 0 unspecified atom stereocenters. The molecule has 0 saturated heterocycles. The summed E-state index contributed by atoms with van der Waals surface area (Å²) < 4.78 is 0. The molecule has 50 heavy (non-hydrogen) atoms. The Bertz CT molecular complexity index is 1560. The van der Waals surface area contributed by atoms with Crippen molar-refractivity contribution in [3.63, 3.8) is 0 Å². The van der Waals surface area contributed by atoms with Gasteiger partial charge in [-0.15, -0.1) is 0 Å². The number of likely N-dealkylation sites (N-methyl/N-ethyl adjacent to an activating group) is 2. The topological polar surface area (TPSA) is 64.7 Å². The summed E-state index contributed by atoms with van der Waals surface area (Å²) in [5, 5.41) is 6.99. The molecule has 2 N–H and O–H groups in total. The van der Waals surface area contributed by atoms with Crippen LogP contribution in [-0.2, 0) is 12.8 Å². The first kappa shape index (κ1) is 38.5. The summed E-state index contributed by atoms with van der Waals surface area (Å²) in [6.45, 7) is 16.6. The second-order valence-electron chi connectivity index (χ2n) is 14.4. The van der Waals surface area contributed by atoms with Crippen LogP contribution in [0.2, 0.25) is 0 Å². The van der Waals surface area contributed by atoms with Gasteiger partial charge in [-0.3, -0.25) is 9.59 Å².